The van der Waals surface area contributed by atoms with Crippen molar-refractivity contribution in [1.29, 1.82) is 0 Å². The number of aliphatic hydroxyl groups is 2. The first-order valence-corrected chi connectivity index (χ1v) is 28.7. The Balaban J connectivity index is 3.19. The molecule has 0 spiro atoms. The number of rotatable bonds is 40. The predicted molar refractivity (Wildman–Crippen MR) is 227 cm³/mol. The number of aliphatic hydroxyl groups excluding tert-OH is 2. The molecule has 0 saturated carbocycles. The van der Waals surface area contributed by atoms with Crippen LogP contribution in [0.1, 0.15) is 0 Å². The molecule has 0 fully saturated rings. The zero-order chi connectivity index (χ0) is 34.1. The van der Waals surface area contributed by atoms with Gasteiger partial charge in [0.1, 0.15) is 23.8 Å². The maximum Gasteiger partial charge on any atom is 0.316 e. The molecule has 0 aliphatic carbocycles. The first-order valence-electron chi connectivity index (χ1n) is 13.7. The van der Waals surface area contributed by atoms with Gasteiger partial charge in [-0.05, 0) is 0 Å². The minimum absolute atomic E-state index is 0.127. The summed E-state index contributed by atoms with van der Waals surface area (Å²) in [7, 11) is 0. The predicted octanol–water partition coefficient (Wildman–Crippen LogP) is 6.98. The molecule has 0 saturated heterocycles. The van der Waals surface area contributed by atoms with Crippen LogP contribution in [0.4, 0.5) is 0 Å². The first kappa shape index (κ1) is 50.2. The zero-order valence-corrected chi connectivity index (χ0v) is 36.6. The van der Waals surface area contributed by atoms with Gasteiger partial charge >= 0.3 is 11.9 Å². The maximum absolute atomic E-state index is 11.8. The Labute approximate surface area is 335 Å². The van der Waals surface area contributed by atoms with Crippen LogP contribution in [-0.2, 0) is 38.6 Å². The van der Waals surface area contributed by atoms with E-state index in [0.717, 1.165) is 65.0 Å². The summed E-state index contributed by atoms with van der Waals surface area (Å²) < 4.78 is 10.4. The van der Waals surface area contributed by atoms with Gasteiger partial charge in [-0.1, -0.05) is 0 Å². The molecule has 0 amide bonds. The van der Waals surface area contributed by atoms with E-state index in [1.54, 1.807) is 129 Å². The van der Waals surface area contributed by atoms with Crippen molar-refractivity contribution in [3.8, 4) is 0 Å². The Morgan fingerprint density at radius 2 is 0.766 bits per heavy atom. The number of hydrogen-bond acceptors (Lipinski definition) is 23. The fourth-order valence-electron chi connectivity index (χ4n) is 2.11. The van der Waals surface area contributed by atoms with Gasteiger partial charge in [-0.2, -0.15) is 0 Å². The van der Waals surface area contributed by atoms with Gasteiger partial charge in [0.15, 0.2) is 0 Å². The second-order valence-electron chi connectivity index (χ2n) is 7.52. The SMILES string of the molecule is O=C(CSCSCSCCOOCSCSCSCOC(=O)CSCSCSCCOOCSCCSCO)OCSCCSCO. The fourth-order valence-corrected chi connectivity index (χ4v) is 13.7. The standard InChI is InChI=1S/C24H46O10S13/c25-11-35-5-7-37-13-29-23(27)9-41-19-45-18-40-4-2-32-34-16-44-22-47-21-43-14-30-24(28)10-42-20-46-17-39-3-1-31-33-15-38-8-6-36-12-26/h25-26H,1-22H2. The summed E-state index contributed by atoms with van der Waals surface area (Å²) in [4.78, 5) is 44.1. The lowest BCUT2D eigenvalue weighted by molar-refractivity contribution is -0.274. The smallest absolute Gasteiger partial charge is 0.316 e. The van der Waals surface area contributed by atoms with Crippen LogP contribution in [0.25, 0.3) is 0 Å². The molecule has 280 valence electrons. The van der Waals surface area contributed by atoms with E-state index in [4.69, 9.17) is 39.2 Å². The maximum atomic E-state index is 11.8. The van der Waals surface area contributed by atoms with Gasteiger partial charge in [-0.15, -0.1) is 153 Å². The van der Waals surface area contributed by atoms with Gasteiger partial charge < -0.3 is 19.7 Å². The average Bonchev–Trinajstić information content (AvgIpc) is 3.07. The molecule has 0 aliphatic rings. The van der Waals surface area contributed by atoms with Gasteiger partial charge in [0, 0.05) is 65.0 Å². The van der Waals surface area contributed by atoms with Crippen molar-refractivity contribution in [2.24, 2.45) is 0 Å². The molecule has 0 aromatic heterocycles. The minimum Gasteiger partial charge on any atom is -0.454 e. The second-order valence-corrected chi connectivity index (χ2v) is 23.0. The summed E-state index contributed by atoms with van der Waals surface area (Å²) in [5, 5.41) is 22.6. The number of ether oxygens (including phenoxy) is 2. The largest absolute Gasteiger partial charge is 0.454 e. The van der Waals surface area contributed by atoms with Crippen LogP contribution >= 0.6 is 153 Å². The highest BCUT2D eigenvalue weighted by Crippen LogP contribution is 2.21. The number of carbonyl (C=O) groups is 2. The van der Waals surface area contributed by atoms with Gasteiger partial charge in [-0.25, -0.2) is 19.6 Å². The summed E-state index contributed by atoms with van der Waals surface area (Å²) in [6.07, 6.45) is 0. The molecule has 0 radical (unpaired) electrons. The summed E-state index contributed by atoms with van der Waals surface area (Å²) >= 11 is 21.3. The van der Waals surface area contributed by atoms with Crippen LogP contribution in [-0.4, -0.2) is 148 Å². The Bertz CT molecular complexity index is 669. The van der Waals surface area contributed by atoms with E-state index in [9.17, 15) is 9.59 Å². The molecule has 0 bridgehead atoms. The number of thioether (sulfide) groups is 13. The number of esters is 2. The van der Waals surface area contributed by atoms with Crippen molar-refractivity contribution in [3.63, 3.8) is 0 Å². The summed E-state index contributed by atoms with van der Waals surface area (Å²) in [5.41, 5.74) is 0. The molecule has 0 aromatic carbocycles. The van der Waals surface area contributed by atoms with Crippen molar-refractivity contribution < 1.29 is 48.8 Å². The molecule has 0 aromatic rings. The lowest BCUT2D eigenvalue weighted by atomic mass is 10.8. The van der Waals surface area contributed by atoms with Crippen molar-refractivity contribution in [2.45, 2.75) is 0 Å². The van der Waals surface area contributed by atoms with Crippen molar-refractivity contribution in [1.82, 2.24) is 0 Å². The zero-order valence-electron chi connectivity index (χ0n) is 26.0. The molecule has 0 rings (SSSR count). The number of hydrogen-bond donors (Lipinski definition) is 2. The minimum atomic E-state index is -0.183. The van der Waals surface area contributed by atoms with Crippen LogP contribution < -0.4 is 0 Å². The Morgan fingerprint density at radius 1 is 0.383 bits per heavy atom. The van der Waals surface area contributed by atoms with Crippen molar-refractivity contribution in [3.05, 3.63) is 0 Å². The Morgan fingerprint density at radius 3 is 1.28 bits per heavy atom. The molecule has 23 heteroatoms. The van der Waals surface area contributed by atoms with Crippen LogP contribution in [0.5, 0.6) is 0 Å². The normalized spacial score (nSPS) is 11.3. The average molecular weight is 911 g/mol. The van der Waals surface area contributed by atoms with E-state index in [-0.39, 0.29) is 23.8 Å². The van der Waals surface area contributed by atoms with Crippen LogP contribution in [0.2, 0.25) is 0 Å². The molecule has 0 heterocycles. The third-order valence-corrected chi connectivity index (χ3v) is 17.8. The van der Waals surface area contributed by atoms with E-state index in [1.807, 2.05) is 0 Å². The summed E-state index contributed by atoms with van der Waals surface area (Å²) in [5.74, 6) is 7.62. The third-order valence-electron chi connectivity index (χ3n) is 4.02. The third kappa shape index (κ3) is 45.3. The van der Waals surface area contributed by atoms with Crippen LogP contribution in [0.15, 0.2) is 0 Å². The van der Waals surface area contributed by atoms with E-state index in [0.29, 0.717) is 48.5 Å². The van der Waals surface area contributed by atoms with Gasteiger partial charge in [0.2, 0.25) is 0 Å². The van der Waals surface area contributed by atoms with E-state index >= 15 is 0 Å². The lowest BCUT2D eigenvalue weighted by Crippen LogP contribution is -2.07. The topological polar surface area (TPSA) is 130 Å². The monoisotopic (exact) mass is 910 g/mol. The first-order chi connectivity index (χ1) is 23.2. The van der Waals surface area contributed by atoms with E-state index < -0.39 is 0 Å². The van der Waals surface area contributed by atoms with Crippen LogP contribution in [0.3, 0.4) is 0 Å². The van der Waals surface area contributed by atoms with Gasteiger partial charge in [-0.3, -0.25) is 9.59 Å². The quantitative estimate of drug-likeness (QED) is 0.0216. The molecule has 2 N–H and O–H groups in total. The fraction of sp³-hybridized carbons (Fsp3) is 0.917. The van der Waals surface area contributed by atoms with Crippen molar-refractivity contribution in [2.75, 3.05) is 125 Å². The highest BCUT2D eigenvalue weighted by molar-refractivity contribution is 8.23. The molecular formula is C24H46O10S13. The molecule has 10 nitrogen and oxygen atoms in total. The molecule has 47 heavy (non-hydrogen) atoms. The Kier molecular flexibility index (Phi) is 48.5. The lowest BCUT2D eigenvalue weighted by Gasteiger charge is -2.06. The van der Waals surface area contributed by atoms with Crippen LogP contribution in [0, 0.1) is 0 Å². The summed E-state index contributed by atoms with van der Waals surface area (Å²) in [6.45, 7) is 1.08. The van der Waals surface area contributed by atoms with E-state index in [2.05, 4.69) is 0 Å². The Hall–Kier alpha value is 3.25. The highest BCUT2D eigenvalue weighted by Gasteiger charge is 2.05. The van der Waals surface area contributed by atoms with Crippen molar-refractivity contribution >= 4 is 165 Å². The molecule has 0 aliphatic heterocycles. The van der Waals surface area contributed by atoms with Gasteiger partial charge in [0.25, 0.3) is 0 Å². The highest BCUT2D eigenvalue weighted by atomic mass is 32.2. The van der Waals surface area contributed by atoms with E-state index in [1.165, 1.54) is 23.5 Å². The van der Waals surface area contributed by atoms with Gasteiger partial charge in [0.05, 0.1) is 36.6 Å². The second kappa shape index (κ2) is 45.4. The summed E-state index contributed by atoms with van der Waals surface area (Å²) in [6, 6.07) is 0. The molecule has 0 unspecified atom stereocenters. The molecular weight excluding hydrogens is 865 g/mol. The number of carbonyl (C=O) groups excluding carboxylic acids is 2. The molecule has 0 atom stereocenters.